The van der Waals surface area contributed by atoms with E-state index in [1.807, 2.05) is 0 Å². The number of hydrogen-bond donors (Lipinski definition) is 0. The van der Waals surface area contributed by atoms with Crippen LogP contribution in [0.25, 0.3) is 0 Å². The molecule has 0 fully saturated rings. The van der Waals surface area contributed by atoms with E-state index >= 15 is 0 Å². The van der Waals surface area contributed by atoms with Crippen molar-refractivity contribution < 1.29 is 39.5 Å². The predicted molar refractivity (Wildman–Crippen MR) is 38.1 cm³/mol. The van der Waals surface area contributed by atoms with Crippen LogP contribution in [0.4, 0.5) is 0 Å². The first-order chi connectivity index (χ1) is 5.77. The Morgan fingerprint density at radius 1 is 1.46 bits per heavy atom. The quantitative estimate of drug-likeness (QED) is 0.403. The van der Waals surface area contributed by atoms with Crippen LogP contribution in [0.5, 0.6) is 0 Å². The third-order valence-electron chi connectivity index (χ3n) is 1.68. The van der Waals surface area contributed by atoms with Crippen molar-refractivity contribution in [2.75, 3.05) is 0 Å². The van der Waals surface area contributed by atoms with Crippen LogP contribution in [0.1, 0.15) is 6.42 Å². The van der Waals surface area contributed by atoms with Gasteiger partial charge >= 0.3 is 29.6 Å². The van der Waals surface area contributed by atoms with Crippen LogP contribution in [0.2, 0.25) is 0 Å². The third kappa shape index (κ3) is 1.93. The minimum Gasteiger partial charge on any atom is -0.545 e. The van der Waals surface area contributed by atoms with Crippen molar-refractivity contribution in [1.29, 1.82) is 0 Å². The maximum atomic E-state index is 10.4. The van der Waals surface area contributed by atoms with Crippen molar-refractivity contribution in [3.05, 3.63) is 23.4 Å². The molecule has 0 N–H and O–H groups in total. The molecule has 2 aliphatic rings. The Morgan fingerprint density at radius 2 is 2.23 bits per heavy atom. The van der Waals surface area contributed by atoms with E-state index in [4.69, 9.17) is 0 Å². The molecule has 60 valence electrons. The van der Waals surface area contributed by atoms with Crippen molar-refractivity contribution in [2.24, 2.45) is 15.4 Å². The first-order valence-electron chi connectivity index (χ1n) is 3.37. The number of allylic oxidation sites excluding steroid dienone is 3. The molecule has 0 amide bonds. The molecule has 0 saturated heterocycles. The van der Waals surface area contributed by atoms with Gasteiger partial charge in [-0.3, -0.25) is 0 Å². The van der Waals surface area contributed by atoms with Crippen LogP contribution in [-0.2, 0) is 4.79 Å². The molecule has 0 unspecified atom stereocenters. The van der Waals surface area contributed by atoms with E-state index < -0.39 is 5.97 Å². The van der Waals surface area contributed by atoms with Crippen LogP contribution in [0.3, 0.4) is 0 Å². The molecule has 6 heteroatoms. The van der Waals surface area contributed by atoms with Gasteiger partial charge in [-0.15, -0.1) is 10.2 Å². The average molecular weight is 185 g/mol. The molecule has 0 atom stereocenters. The fraction of sp³-hybridized carbons (Fsp3) is 0.143. The number of carbonyl (C=O) groups is 1. The Labute approximate surface area is 96.2 Å². The summed E-state index contributed by atoms with van der Waals surface area (Å²) in [5, 5.41) is 21.2. The fourth-order valence-electron chi connectivity index (χ4n) is 1.05. The van der Waals surface area contributed by atoms with Crippen molar-refractivity contribution in [3.8, 4) is 0 Å². The summed E-state index contributed by atoms with van der Waals surface area (Å²) in [6.45, 7) is 0. The Morgan fingerprint density at radius 3 is 2.92 bits per heavy atom. The SMILES string of the molecule is O=C([O-])C1=CC=C2N=NN=C2C1.[Na+]. The van der Waals surface area contributed by atoms with E-state index in [1.165, 1.54) is 6.08 Å². The minimum absolute atomic E-state index is 0. The maximum Gasteiger partial charge on any atom is 1.00 e. The number of carboxylic acids is 1. The standard InChI is InChI=1S/C7H5N3O2.Na/c11-7(12)4-1-2-5-6(3-4)9-10-8-5;/h1-2H,3H2,(H,11,12);/q;+1/p-1. The van der Waals surface area contributed by atoms with Crippen LogP contribution < -0.4 is 34.7 Å². The molecule has 0 radical (unpaired) electrons. The molecule has 1 aliphatic heterocycles. The molecule has 0 aromatic heterocycles. The van der Waals surface area contributed by atoms with E-state index in [1.54, 1.807) is 6.08 Å². The molecular formula is C7H4N3NaO2. The molecular weight excluding hydrogens is 181 g/mol. The van der Waals surface area contributed by atoms with Crippen molar-refractivity contribution >= 4 is 11.7 Å². The Balaban J connectivity index is 0.000000845. The van der Waals surface area contributed by atoms with Gasteiger partial charge in [-0.2, -0.15) is 0 Å². The summed E-state index contributed by atoms with van der Waals surface area (Å²) in [6, 6.07) is 0. The van der Waals surface area contributed by atoms with Gasteiger partial charge in [0.25, 0.3) is 0 Å². The zero-order chi connectivity index (χ0) is 8.55. The van der Waals surface area contributed by atoms with Crippen LogP contribution >= 0.6 is 0 Å². The molecule has 5 nitrogen and oxygen atoms in total. The van der Waals surface area contributed by atoms with E-state index in [9.17, 15) is 9.90 Å². The Hall–Kier alpha value is -0.780. The number of aliphatic carboxylic acids is 1. The number of fused-ring (bicyclic) bond motifs is 1. The summed E-state index contributed by atoms with van der Waals surface area (Å²) >= 11 is 0. The van der Waals surface area contributed by atoms with Gasteiger partial charge < -0.3 is 9.90 Å². The number of carbonyl (C=O) groups excluding carboxylic acids is 1. The topological polar surface area (TPSA) is 77.2 Å². The Kier molecular flexibility index (Phi) is 3.13. The second-order valence-electron chi connectivity index (χ2n) is 2.44. The van der Waals surface area contributed by atoms with Gasteiger partial charge in [0.15, 0.2) is 0 Å². The van der Waals surface area contributed by atoms with Crippen LogP contribution in [0.15, 0.2) is 38.9 Å². The third-order valence-corrected chi connectivity index (χ3v) is 1.68. The second kappa shape index (κ2) is 3.95. The normalized spacial score (nSPS) is 18.0. The summed E-state index contributed by atoms with van der Waals surface area (Å²) in [6.07, 6.45) is 3.29. The molecule has 0 saturated carbocycles. The van der Waals surface area contributed by atoms with Gasteiger partial charge in [0.2, 0.25) is 0 Å². The molecule has 0 spiro atoms. The molecule has 1 heterocycles. The molecule has 0 bridgehead atoms. The number of carboxylic acid groups (broad SMARTS) is 1. The van der Waals surface area contributed by atoms with E-state index in [0.29, 0.717) is 11.4 Å². The summed E-state index contributed by atoms with van der Waals surface area (Å²) in [5.74, 6) is -1.17. The van der Waals surface area contributed by atoms with E-state index in [-0.39, 0.29) is 41.6 Å². The summed E-state index contributed by atoms with van der Waals surface area (Å²) in [5.41, 5.74) is 1.45. The second-order valence-corrected chi connectivity index (χ2v) is 2.44. The monoisotopic (exact) mass is 185 g/mol. The van der Waals surface area contributed by atoms with Gasteiger partial charge in [0.1, 0.15) is 5.70 Å². The Bertz CT molecular complexity index is 368. The van der Waals surface area contributed by atoms with Gasteiger partial charge in [0, 0.05) is 6.42 Å². The zero-order valence-electron chi connectivity index (χ0n) is 7.02. The van der Waals surface area contributed by atoms with E-state index in [0.717, 1.165) is 0 Å². The smallest absolute Gasteiger partial charge is 0.545 e. The van der Waals surface area contributed by atoms with Gasteiger partial charge in [0.05, 0.1) is 11.7 Å². The van der Waals surface area contributed by atoms with Crippen molar-refractivity contribution in [2.45, 2.75) is 6.42 Å². The van der Waals surface area contributed by atoms with Crippen LogP contribution in [0, 0.1) is 0 Å². The first-order valence-corrected chi connectivity index (χ1v) is 3.37. The summed E-state index contributed by atoms with van der Waals surface area (Å²) < 4.78 is 0. The number of hydrogen-bond acceptors (Lipinski definition) is 5. The van der Waals surface area contributed by atoms with Gasteiger partial charge in [-0.1, -0.05) is 6.08 Å². The zero-order valence-corrected chi connectivity index (χ0v) is 9.02. The molecule has 2 rings (SSSR count). The maximum absolute atomic E-state index is 10.4. The number of rotatable bonds is 1. The average Bonchev–Trinajstić information content (AvgIpc) is 2.49. The van der Waals surface area contributed by atoms with Gasteiger partial charge in [-0.25, -0.2) is 0 Å². The van der Waals surface area contributed by atoms with Gasteiger partial charge in [-0.05, 0) is 16.9 Å². The fourth-order valence-corrected chi connectivity index (χ4v) is 1.05. The summed E-state index contributed by atoms with van der Waals surface area (Å²) in [4.78, 5) is 10.4. The molecule has 13 heavy (non-hydrogen) atoms. The minimum atomic E-state index is -1.17. The number of nitrogens with zero attached hydrogens (tertiary/aromatic N) is 3. The van der Waals surface area contributed by atoms with E-state index in [2.05, 4.69) is 15.4 Å². The molecule has 0 aromatic carbocycles. The predicted octanol–water partition coefficient (Wildman–Crippen LogP) is -3.22. The molecule has 1 aliphatic carbocycles. The first kappa shape index (κ1) is 10.3. The summed E-state index contributed by atoms with van der Waals surface area (Å²) in [7, 11) is 0. The van der Waals surface area contributed by atoms with Crippen LogP contribution in [-0.4, -0.2) is 11.7 Å². The largest absolute Gasteiger partial charge is 1.00 e. The molecule has 0 aromatic rings. The van der Waals surface area contributed by atoms with Crippen molar-refractivity contribution in [1.82, 2.24) is 0 Å². The van der Waals surface area contributed by atoms with Crippen molar-refractivity contribution in [3.63, 3.8) is 0 Å².